The lowest BCUT2D eigenvalue weighted by Gasteiger charge is -2.15. The molecule has 2 aromatic carbocycles. The smallest absolute Gasteiger partial charge is 0.231 e. The lowest BCUT2D eigenvalue weighted by molar-refractivity contribution is -0.899. The lowest BCUT2D eigenvalue weighted by atomic mass is 10.0. The third-order valence-corrected chi connectivity index (χ3v) is 4.91. The van der Waals surface area contributed by atoms with Crippen LogP contribution in [0.5, 0.6) is 11.5 Å². The molecule has 1 aliphatic rings. The number of quaternary nitrogens is 1. The van der Waals surface area contributed by atoms with Gasteiger partial charge in [0.2, 0.25) is 5.78 Å². The van der Waals surface area contributed by atoms with E-state index in [0.717, 1.165) is 16.5 Å². The molecule has 1 aliphatic heterocycles. The molecular formula is C22H17N4O3+. The molecule has 7 nitrogen and oxygen atoms in total. The van der Waals surface area contributed by atoms with E-state index in [1.54, 1.807) is 12.3 Å². The number of carbonyl (C=O) groups is 1. The van der Waals surface area contributed by atoms with Crippen LogP contribution in [0.1, 0.15) is 21.5 Å². The van der Waals surface area contributed by atoms with Crippen molar-refractivity contribution in [1.29, 1.82) is 10.5 Å². The van der Waals surface area contributed by atoms with E-state index in [9.17, 15) is 9.90 Å². The van der Waals surface area contributed by atoms with E-state index in [4.69, 9.17) is 15.3 Å². The quantitative estimate of drug-likeness (QED) is 0.459. The van der Waals surface area contributed by atoms with Crippen molar-refractivity contribution in [2.75, 3.05) is 13.1 Å². The van der Waals surface area contributed by atoms with Crippen LogP contribution in [0.4, 0.5) is 0 Å². The standard InChI is InChI=1S/C22H16N4O3/c23-7-9-26(10-8-24)13-17-19(27)6-5-16-21(28)20(29-22(16)17)11-14-12-25-18-4-2-1-3-15(14)18/h1-6,11-12,25,27H,9-10,13H2/p+1/b20-11-. The Labute approximate surface area is 166 Å². The van der Waals surface area contributed by atoms with E-state index in [-0.39, 0.29) is 42.7 Å². The molecule has 0 bridgehead atoms. The molecule has 3 aromatic rings. The molecule has 3 N–H and O–H groups in total. The number of hydrogen-bond donors (Lipinski definition) is 3. The zero-order chi connectivity index (χ0) is 20.4. The zero-order valence-electron chi connectivity index (χ0n) is 15.4. The summed E-state index contributed by atoms with van der Waals surface area (Å²) in [5.74, 6) is 0.153. The predicted octanol–water partition coefficient (Wildman–Crippen LogP) is 1.92. The van der Waals surface area contributed by atoms with E-state index >= 15 is 0 Å². The summed E-state index contributed by atoms with van der Waals surface area (Å²) in [6.07, 6.45) is 3.48. The van der Waals surface area contributed by atoms with Crippen LogP contribution >= 0.6 is 0 Å². The Hall–Kier alpha value is -4.07. The molecule has 0 amide bonds. The average molecular weight is 385 g/mol. The van der Waals surface area contributed by atoms with Gasteiger partial charge < -0.3 is 19.7 Å². The molecule has 0 saturated heterocycles. The van der Waals surface area contributed by atoms with Crippen LogP contribution in [-0.4, -0.2) is 29.0 Å². The zero-order valence-corrected chi connectivity index (χ0v) is 15.4. The summed E-state index contributed by atoms with van der Waals surface area (Å²) >= 11 is 0. The van der Waals surface area contributed by atoms with E-state index in [0.29, 0.717) is 16.0 Å². The van der Waals surface area contributed by atoms with Gasteiger partial charge in [-0.2, -0.15) is 10.5 Å². The normalized spacial score (nSPS) is 14.0. The molecular weight excluding hydrogens is 368 g/mol. The van der Waals surface area contributed by atoms with Crippen molar-refractivity contribution in [3.05, 3.63) is 65.0 Å². The van der Waals surface area contributed by atoms with Gasteiger partial charge in [-0.15, -0.1) is 0 Å². The number of benzene rings is 2. The Morgan fingerprint density at radius 2 is 1.90 bits per heavy atom. The van der Waals surface area contributed by atoms with Crippen LogP contribution in [-0.2, 0) is 6.54 Å². The number of ether oxygens (including phenoxy) is 1. The van der Waals surface area contributed by atoms with Crippen LogP contribution in [0.15, 0.2) is 48.4 Å². The summed E-state index contributed by atoms with van der Waals surface area (Å²) in [5.41, 5.74) is 2.55. The highest BCUT2D eigenvalue weighted by Gasteiger charge is 2.32. The number of ketones is 1. The van der Waals surface area contributed by atoms with Crippen LogP contribution in [0.2, 0.25) is 0 Å². The maximum absolute atomic E-state index is 12.9. The molecule has 0 spiro atoms. The molecule has 0 fully saturated rings. The van der Waals surface area contributed by atoms with Crippen molar-refractivity contribution in [1.82, 2.24) is 4.98 Å². The molecule has 0 unspecified atom stereocenters. The second kappa shape index (κ2) is 7.51. The number of carbonyl (C=O) groups excluding carboxylic acids is 1. The van der Waals surface area contributed by atoms with Gasteiger partial charge in [-0.25, -0.2) is 0 Å². The van der Waals surface area contributed by atoms with Crippen molar-refractivity contribution in [2.24, 2.45) is 0 Å². The Morgan fingerprint density at radius 1 is 1.14 bits per heavy atom. The number of para-hydroxylation sites is 1. The molecule has 0 atom stereocenters. The number of fused-ring (bicyclic) bond motifs is 2. The Morgan fingerprint density at radius 3 is 2.66 bits per heavy atom. The van der Waals surface area contributed by atoms with Crippen molar-refractivity contribution < 1.29 is 19.5 Å². The summed E-state index contributed by atoms with van der Waals surface area (Å²) < 4.78 is 5.87. The van der Waals surface area contributed by atoms with Crippen molar-refractivity contribution in [3.63, 3.8) is 0 Å². The number of phenols is 1. The molecule has 29 heavy (non-hydrogen) atoms. The van der Waals surface area contributed by atoms with Crippen molar-refractivity contribution in [3.8, 4) is 23.6 Å². The number of allylic oxidation sites excluding steroid dienone is 1. The Balaban J connectivity index is 1.71. The first-order valence-electron chi connectivity index (χ1n) is 9.05. The number of rotatable bonds is 5. The van der Waals surface area contributed by atoms with Gasteiger partial charge in [0.1, 0.15) is 24.4 Å². The van der Waals surface area contributed by atoms with Crippen LogP contribution in [0.3, 0.4) is 0 Å². The van der Waals surface area contributed by atoms with E-state index < -0.39 is 0 Å². The fourth-order valence-corrected chi connectivity index (χ4v) is 3.48. The summed E-state index contributed by atoms with van der Waals surface area (Å²) in [6, 6.07) is 14.8. The van der Waals surface area contributed by atoms with E-state index in [1.807, 2.05) is 36.4 Å². The molecule has 1 aromatic heterocycles. The minimum atomic E-state index is -0.270. The number of nitrogens with zero attached hydrogens (tertiary/aromatic N) is 2. The number of hydrogen-bond acceptors (Lipinski definition) is 5. The fraction of sp³-hybridized carbons (Fsp3) is 0.136. The maximum Gasteiger partial charge on any atom is 0.231 e. The molecule has 0 radical (unpaired) electrons. The predicted molar refractivity (Wildman–Crippen MR) is 105 cm³/mol. The van der Waals surface area contributed by atoms with Crippen molar-refractivity contribution >= 4 is 22.8 Å². The maximum atomic E-state index is 12.9. The number of nitrogens with one attached hydrogen (secondary N) is 2. The molecule has 0 aliphatic carbocycles. The van der Waals surface area contributed by atoms with Gasteiger partial charge >= 0.3 is 0 Å². The highest BCUT2D eigenvalue weighted by atomic mass is 16.5. The van der Waals surface area contributed by atoms with Gasteiger partial charge in [0.15, 0.2) is 24.6 Å². The minimum absolute atomic E-state index is 0.0294. The van der Waals surface area contributed by atoms with Crippen molar-refractivity contribution in [2.45, 2.75) is 6.54 Å². The molecule has 7 heteroatoms. The number of aromatic amines is 1. The van der Waals surface area contributed by atoms with Crippen LogP contribution in [0.25, 0.3) is 17.0 Å². The lowest BCUT2D eigenvalue weighted by Crippen LogP contribution is -3.10. The van der Waals surface area contributed by atoms with Gasteiger partial charge in [0.05, 0.1) is 11.1 Å². The summed E-state index contributed by atoms with van der Waals surface area (Å²) in [4.78, 5) is 16.7. The Kier molecular flexibility index (Phi) is 4.74. The van der Waals surface area contributed by atoms with Gasteiger partial charge in [0.25, 0.3) is 0 Å². The van der Waals surface area contributed by atoms with Crippen LogP contribution < -0.4 is 9.64 Å². The first kappa shape index (κ1) is 18.3. The highest BCUT2D eigenvalue weighted by Crippen LogP contribution is 2.39. The summed E-state index contributed by atoms with van der Waals surface area (Å²) in [6.45, 7) is 0.398. The molecule has 142 valence electrons. The molecule has 2 heterocycles. The SMILES string of the molecule is N#CC[NH+](CC#N)Cc1c(O)ccc2c1O/C(=C\c1c[nH]c3ccccc13)C2=O. The van der Waals surface area contributed by atoms with Gasteiger partial charge in [-0.05, 0) is 24.3 Å². The molecule has 4 rings (SSSR count). The largest absolute Gasteiger partial charge is 0.507 e. The number of aromatic nitrogens is 1. The fourth-order valence-electron chi connectivity index (χ4n) is 3.48. The number of nitriles is 2. The molecule has 0 saturated carbocycles. The average Bonchev–Trinajstić information content (AvgIpc) is 3.26. The van der Waals surface area contributed by atoms with E-state index in [2.05, 4.69) is 4.98 Å². The number of H-pyrrole nitrogens is 1. The number of aromatic hydroxyl groups is 1. The van der Waals surface area contributed by atoms with Crippen LogP contribution in [0, 0.1) is 22.7 Å². The van der Waals surface area contributed by atoms with Gasteiger partial charge in [0, 0.05) is 22.7 Å². The minimum Gasteiger partial charge on any atom is -0.507 e. The topological polar surface area (TPSA) is 114 Å². The third-order valence-electron chi connectivity index (χ3n) is 4.91. The monoisotopic (exact) mass is 385 g/mol. The van der Waals surface area contributed by atoms with Gasteiger partial charge in [-0.1, -0.05) is 18.2 Å². The summed E-state index contributed by atoms with van der Waals surface area (Å²) in [7, 11) is 0. The summed E-state index contributed by atoms with van der Waals surface area (Å²) in [5, 5.41) is 29.3. The number of Topliss-reactive ketones (excluding diaryl/α,β-unsaturated/α-hetero) is 1. The first-order chi connectivity index (χ1) is 14.1. The third kappa shape index (κ3) is 3.31. The first-order valence-corrected chi connectivity index (χ1v) is 9.05. The van der Waals surface area contributed by atoms with E-state index in [1.165, 1.54) is 12.1 Å². The number of phenolic OH excluding ortho intramolecular Hbond substituents is 1. The van der Waals surface area contributed by atoms with Gasteiger partial charge in [-0.3, -0.25) is 4.79 Å². The Bertz CT molecular complexity index is 1210. The second-order valence-corrected chi connectivity index (χ2v) is 6.77. The highest BCUT2D eigenvalue weighted by molar-refractivity contribution is 6.15. The second-order valence-electron chi connectivity index (χ2n) is 6.77.